The summed E-state index contributed by atoms with van der Waals surface area (Å²) >= 11 is 6.17. The van der Waals surface area contributed by atoms with E-state index in [0.29, 0.717) is 0 Å². The van der Waals surface area contributed by atoms with Gasteiger partial charge in [0.15, 0.2) is 0 Å². The van der Waals surface area contributed by atoms with E-state index >= 15 is 0 Å². The van der Waals surface area contributed by atoms with Crippen LogP contribution in [0.1, 0.15) is 19.3 Å². The second-order valence-electron chi connectivity index (χ2n) is 6.69. The standard InChI is InChI=1S/C18H21ClN2O2/c1-23-17-11-16(22)18(17)5-8-21(9-6-18)15-4-7-20-14-3-2-12(19)10-13(14)15/h2-4,7,10,16-17,22H,5-6,8-9,11H2,1H3/t16-,17+/m0/s1. The Morgan fingerprint density at radius 1 is 1.30 bits per heavy atom. The van der Waals surface area contributed by atoms with Gasteiger partial charge in [-0.2, -0.15) is 0 Å². The lowest BCUT2D eigenvalue weighted by Gasteiger charge is -2.56. The molecule has 1 N–H and O–H groups in total. The van der Waals surface area contributed by atoms with Gasteiger partial charge in [-0.1, -0.05) is 11.6 Å². The highest BCUT2D eigenvalue weighted by molar-refractivity contribution is 6.31. The molecule has 4 rings (SSSR count). The molecular weight excluding hydrogens is 312 g/mol. The predicted octanol–water partition coefficient (Wildman–Crippen LogP) is 3.25. The highest BCUT2D eigenvalue weighted by atomic mass is 35.5. The number of pyridine rings is 1. The van der Waals surface area contributed by atoms with Gasteiger partial charge in [-0.25, -0.2) is 0 Å². The molecule has 2 aliphatic rings. The maximum absolute atomic E-state index is 10.3. The van der Waals surface area contributed by atoms with Crippen LogP contribution in [0.5, 0.6) is 0 Å². The first-order valence-corrected chi connectivity index (χ1v) is 8.52. The molecule has 5 heteroatoms. The minimum absolute atomic E-state index is 0.0499. The van der Waals surface area contributed by atoms with Crippen molar-refractivity contribution < 1.29 is 9.84 Å². The molecule has 1 saturated heterocycles. The van der Waals surface area contributed by atoms with Crippen LogP contribution in [0.2, 0.25) is 5.02 Å². The molecule has 2 fully saturated rings. The quantitative estimate of drug-likeness (QED) is 0.917. The highest BCUT2D eigenvalue weighted by Gasteiger charge is 2.55. The Hall–Kier alpha value is -1.36. The number of benzene rings is 1. The molecule has 1 spiro atoms. The van der Waals surface area contributed by atoms with Crippen LogP contribution < -0.4 is 4.90 Å². The molecule has 0 unspecified atom stereocenters. The molecule has 1 aliphatic heterocycles. The van der Waals surface area contributed by atoms with E-state index < -0.39 is 0 Å². The summed E-state index contributed by atoms with van der Waals surface area (Å²) in [6, 6.07) is 7.88. The normalized spacial score (nSPS) is 26.5. The molecule has 1 aromatic carbocycles. The van der Waals surface area contributed by atoms with Crippen molar-refractivity contribution in [2.24, 2.45) is 5.41 Å². The van der Waals surface area contributed by atoms with Gasteiger partial charge < -0.3 is 14.7 Å². The van der Waals surface area contributed by atoms with Gasteiger partial charge in [0, 0.05) is 54.3 Å². The number of aliphatic hydroxyl groups is 1. The first-order chi connectivity index (χ1) is 11.1. The lowest BCUT2D eigenvalue weighted by molar-refractivity contribution is -0.190. The Labute approximate surface area is 141 Å². The Kier molecular flexibility index (Phi) is 3.71. The number of nitrogens with zero attached hydrogens (tertiary/aromatic N) is 2. The third-order valence-corrected chi connectivity index (χ3v) is 5.98. The van der Waals surface area contributed by atoms with Crippen molar-refractivity contribution in [3.8, 4) is 0 Å². The van der Waals surface area contributed by atoms with Crippen molar-refractivity contribution in [3.63, 3.8) is 0 Å². The second-order valence-corrected chi connectivity index (χ2v) is 7.12. The molecule has 1 aliphatic carbocycles. The number of methoxy groups -OCH3 is 1. The Morgan fingerprint density at radius 3 is 2.78 bits per heavy atom. The number of halogens is 1. The topological polar surface area (TPSA) is 45.6 Å². The maximum atomic E-state index is 10.3. The number of aliphatic hydroxyl groups excluding tert-OH is 1. The van der Waals surface area contributed by atoms with Gasteiger partial charge in [-0.05, 0) is 37.1 Å². The molecule has 122 valence electrons. The summed E-state index contributed by atoms with van der Waals surface area (Å²) in [5.74, 6) is 0. The fraction of sp³-hybridized carbons (Fsp3) is 0.500. The number of piperidine rings is 1. The first kappa shape index (κ1) is 15.2. The predicted molar refractivity (Wildman–Crippen MR) is 92.1 cm³/mol. The van der Waals surface area contributed by atoms with E-state index in [9.17, 15) is 5.11 Å². The Balaban J connectivity index is 1.61. The molecule has 4 nitrogen and oxygen atoms in total. The van der Waals surface area contributed by atoms with E-state index in [2.05, 4.69) is 16.0 Å². The van der Waals surface area contributed by atoms with E-state index in [1.54, 1.807) is 7.11 Å². The van der Waals surface area contributed by atoms with Crippen molar-refractivity contribution in [1.29, 1.82) is 0 Å². The molecule has 0 amide bonds. The fourth-order valence-electron chi connectivity index (χ4n) is 4.26. The van der Waals surface area contributed by atoms with Gasteiger partial charge >= 0.3 is 0 Å². The van der Waals surface area contributed by atoms with Crippen LogP contribution in [0.3, 0.4) is 0 Å². The molecule has 0 radical (unpaired) electrons. The number of ether oxygens (including phenoxy) is 1. The fourth-order valence-corrected chi connectivity index (χ4v) is 4.43. The summed E-state index contributed by atoms with van der Waals surface area (Å²) < 4.78 is 5.57. The molecule has 0 bridgehead atoms. The van der Waals surface area contributed by atoms with Crippen molar-refractivity contribution in [3.05, 3.63) is 35.5 Å². The molecule has 2 atom stereocenters. The molecular formula is C18H21ClN2O2. The van der Waals surface area contributed by atoms with E-state index in [1.165, 1.54) is 5.69 Å². The average Bonchev–Trinajstić information content (AvgIpc) is 2.59. The van der Waals surface area contributed by atoms with Crippen LogP contribution in [0.15, 0.2) is 30.5 Å². The largest absolute Gasteiger partial charge is 0.392 e. The molecule has 23 heavy (non-hydrogen) atoms. The molecule has 2 aromatic rings. The van der Waals surface area contributed by atoms with Gasteiger partial charge in [0.1, 0.15) is 0 Å². The van der Waals surface area contributed by atoms with E-state index in [0.717, 1.165) is 48.3 Å². The summed E-state index contributed by atoms with van der Waals surface area (Å²) in [6.07, 6.45) is 4.51. The first-order valence-electron chi connectivity index (χ1n) is 8.14. The van der Waals surface area contributed by atoms with Gasteiger partial charge in [-0.3, -0.25) is 4.98 Å². The lowest BCUT2D eigenvalue weighted by Crippen LogP contribution is -2.62. The number of aromatic nitrogens is 1. The lowest BCUT2D eigenvalue weighted by atomic mass is 9.58. The summed E-state index contributed by atoms with van der Waals surface area (Å²) in [6.45, 7) is 1.84. The van der Waals surface area contributed by atoms with Gasteiger partial charge in [0.2, 0.25) is 0 Å². The van der Waals surface area contributed by atoms with Crippen LogP contribution in [0.4, 0.5) is 5.69 Å². The average molecular weight is 333 g/mol. The van der Waals surface area contributed by atoms with E-state index in [-0.39, 0.29) is 17.6 Å². The summed E-state index contributed by atoms with van der Waals surface area (Å²) in [5.41, 5.74) is 2.09. The van der Waals surface area contributed by atoms with Crippen molar-refractivity contribution in [2.45, 2.75) is 31.5 Å². The SMILES string of the molecule is CO[C@@H]1C[C@H](O)C12CCN(c1ccnc3ccc(Cl)cc13)CC2. The Morgan fingerprint density at radius 2 is 2.09 bits per heavy atom. The third-order valence-electron chi connectivity index (χ3n) is 5.74. The van der Waals surface area contributed by atoms with E-state index in [4.69, 9.17) is 16.3 Å². The number of hydrogen-bond donors (Lipinski definition) is 1. The van der Waals surface area contributed by atoms with Crippen LogP contribution in [-0.4, -0.2) is 42.5 Å². The summed E-state index contributed by atoms with van der Waals surface area (Å²) in [4.78, 5) is 6.80. The van der Waals surface area contributed by atoms with Gasteiger partial charge in [0.05, 0.1) is 17.7 Å². The monoisotopic (exact) mass is 332 g/mol. The summed E-state index contributed by atoms with van der Waals surface area (Å²) in [5, 5.41) is 12.1. The minimum Gasteiger partial charge on any atom is -0.392 e. The number of hydrogen-bond acceptors (Lipinski definition) is 4. The third kappa shape index (κ3) is 2.32. The zero-order chi connectivity index (χ0) is 16.0. The Bertz CT molecular complexity index is 728. The van der Waals surface area contributed by atoms with Crippen LogP contribution in [0.25, 0.3) is 10.9 Å². The van der Waals surface area contributed by atoms with Gasteiger partial charge in [-0.15, -0.1) is 0 Å². The maximum Gasteiger partial charge on any atom is 0.0723 e. The minimum atomic E-state index is -0.224. The van der Waals surface area contributed by atoms with Crippen LogP contribution >= 0.6 is 11.6 Å². The number of fused-ring (bicyclic) bond motifs is 1. The number of rotatable bonds is 2. The highest BCUT2D eigenvalue weighted by Crippen LogP contribution is 2.51. The van der Waals surface area contributed by atoms with Crippen molar-refractivity contribution in [2.75, 3.05) is 25.1 Å². The smallest absolute Gasteiger partial charge is 0.0723 e. The van der Waals surface area contributed by atoms with Gasteiger partial charge in [0.25, 0.3) is 0 Å². The molecule has 1 saturated carbocycles. The second kappa shape index (κ2) is 5.62. The van der Waals surface area contributed by atoms with Crippen LogP contribution in [-0.2, 0) is 4.74 Å². The molecule has 1 aromatic heterocycles. The van der Waals surface area contributed by atoms with Crippen molar-refractivity contribution in [1.82, 2.24) is 4.98 Å². The van der Waals surface area contributed by atoms with Crippen molar-refractivity contribution >= 4 is 28.2 Å². The number of anilines is 1. The van der Waals surface area contributed by atoms with Crippen LogP contribution in [0, 0.1) is 5.41 Å². The zero-order valence-electron chi connectivity index (χ0n) is 13.2. The molecule has 2 heterocycles. The summed E-state index contributed by atoms with van der Waals surface area (Å²) in [7, 11) is 1.75. The zero-order valence-corrected chi connectivity index (χ0v) is 14.0. The van der Waals surface area contributed by atoms with E-state index in [1.807, 2.05) is 24.4 Å².